The Labute approximate surface area is 708 Å². The number of imidazole rings is 4. The molecule has 0 spiro atoms. The highest BCUT2D eigenvalue weighted by Gasteiger charge is 2.32. The molecule has 4 atom stereocenters. The molecular weight excluding hydrogens is 1630 g/mol. The Morgan fingerprint density at radius 2 is 0.669 bits per heavy atom. The van der Waals surface area contributed by atoms with E-state index in [1.165, 1.54) is 65.1 Å². The van der Waals surface area contributed by atoms with Crippen molar-refractivity contribution in [2.45, 2.75) is 177 Å². The minimum Gasteiger partial charge on any atom is -0.485 e. The summed E-state index contributed by atoms with van der Waals surface area (Å²) in [6.45, 7) is 20.2. The van der Waals surface area contributed by atoms with E-state index in [9.17, 15) is 67.5 Å². The summed E-state index contributed by atoms with van der Waals surface area (Å²) in [7, 11) is 0. The zero-order valence-electron chi connectivity index (χ0n) is 71.0. The first-order valence-corrected chi connectivity index (χ1v) is 39.8. The first-order chi connectivity index (χ1) is 58.5. The van der Waals surface area contributed by atoms with Crippen LogP contribution in [0.1, 0.15) is 189 Å². The van der Waals surface area contributed by atoms with E-state index in [1.807, 2.05) is 40.0 Å². The maximum Gasteiger partial charge on any atom is 0.270 e. The standard InChI is InChI=1S/C25H30F2N4O2.C22H26F2N4O2.C21H22F4N4O2.C21H23F3N4O2/c1-4-10-25(3,28)14-29-24(32)22-15(2)30-23-21(11-17(12-31(22)23)16-8-9-16)33-13-18-19(26)6-5-7-20(18)27;1-5-22(4,25)12-26-21(29)19-14(3)27-20-18(9-13(2)10-28(19)20)30-11-15-16(23)7-6-8-17(15)24;1-11-6-16(31-8-13-14(23)4-5-15(24)17(13)25)19-28-12(2)18(29(19)7-11)20(30)27-10-21(3,26)9-22;1-12-7-17(30-9-14-15(23)5-4-6-16(14)24)19-27-13(2)18(28(19)8-12)20(29)26-11-21(3,25)10-22/h5-7,11-12,16H,4,8-10,13-14,28H2,1-3H3,(H,29,32);6-10H,5,11-12,25H2,1-4H3,(H,26,29);4-7H,8-10,26H2,1-3H3,(H,27,30);4-8H,9-11,25H2,1-3H3,(H,26,29)/t;22-;;/m.0../s1. The molecule has 3 unspecified atom stereocenters. The number of aryl methyl sites for hydroxylation is 7. The number of hydrogen-bond acceptors (Lipinski definition) is 16. The number of nitrogens with zero attached hydrogens (tertiary/aromatic N) is 8. The van der Waals surface area contributed by atoms with Crippen molar-refractivity contribution >= 4 is 46.2 Å². The number of aromatic nitrogens is 8. The van der Waals surface area contributed by atoms with Gasteiger partial charge in [0.05, 0.1) is 56.1 Å². The number of hydrogen-bond donors (Lipinski definition) is 8. The van der Waals surface area contributed by atoms with Gasteiger partial charge >= 0.3 is 0 Å². The summed E-state index contributed by atoms with van der Waals surface area (Å²) in [5.41, 5.74) is 27.0. The second-order valence-corrected chi connectivity index (χ2v) is 32.3. The molecule has 35 heteroatoms. The summed E-state index contributed by atoms with van der Waals surface area (Å²) in [5, 5.41) is 11.0. The molecule has 8 aromatic heterocycles. The van der Waals surface area contributed by atoms with Gasteiger partial charge in [0.25, 0.3) is 23.6 Å². The maximum atomic E-state index is 14.1. The second-order valence-electron chi connectivity index (χ2n) is 32.3. The number of alkyl halides is 2. The van der Waals surface area contributed by atoms with Gasteiger partial charge < -0.3 is 63.1 Å². The summed E-state index contributed by atoms with van der Waals surface area (Å²) >= 11 is 0. The lowest BCUT2D eigenvalue weighted by Gasteiger charge is -2.24. The van der Waals surface area contributed by atoms with Gasteiger partial charge in [-0.1, -0.05) is 38.5 Å². The largest absolute Gasteiger partial charge is 0.485 e. The van der Waals surface area contributed by atoms with Crippen molar-refractivity contribution in [2.75, 3.05) is 39.5 Å². The first-order valence-electron chi connectivity index (χ1n) is 39.8. The SMILES string of the molecule is CCCC(C)(N)CNC(=O)c1c(C)nc2c(OCc3c(F)cccc3F)cc(C3CC3)cn12.CC[C@](C)(N)CNC(=O)c1c(C)nc2c(OCc3c(F)cccc3F)cc(C)cn12.Cc1cc(OCc2c(F)ccc(F)c2F)c2nc(C)c(C(=O)NCC(C)(N)CF)n2c1.Cc1cc(OCc2c(F)cccc2F)c2nc(C)c(C(=O)NCC(C)(N)CF)n2c1. The molecule has 8 heterocycles. The van der Waals surface area contributed by atoms with Crippen LogP contribution in [0.15, 0.2) is 116 Å². The van der Waals surface area contributed by atoms with Crippen LogP contribution in [0.4, 0.5) is 48.3 Å². The quantitative estimate of drug-likeness (QED) is 0.0153. The van der Waals surface area contributed by atoms with Gasteiger partial charge in [0.15, 0.2) is 57.2 Å². The van der Waals surface area contributed by atoms with Gasteiger partial charge in [-0.05, 0) is 203 Å². The summed E-state index contributed by atoms with van der Waals surface area (Å²) < 4.78 is 180. The van der Waals surface area contributed by atoms with Crippen LogP contribution < -0.4 is 63.1 Å². The number of fused-ring (bicyclic) bond motifs is 4. The highest BCUT2D eigenvalue weighted by Crippen LogP contribution is 2.43. The fourth-order valence-corrected chi connectivity index (χ4v) is 13.1. The Morgan fingerprint density at radius 1 is 0.395 bits per heavy atom. The Hall–Kier alpha value is -12.2. The number of nitrogens with two attached hydrogens (primary N) is 4. The molecule has 4 amide bonds. The lowest BCUT2D eigenvalue weighted by Crippen LogP contribution is -2.49. The van der Waals surface area contributed by atoms with Crippen LogP contribution >= 0.6 is 0 Å². The summed E-state index contributed by atoms with van der Waals surface area (Å²) in [6.07, 6.45) is 11.5. The van der Waals surface area contributed by atoms with Crippen molar-refractivity contribution in [2.24, 2.45) is 22.9 Å². The molecule has 1 saturated carbocycles. The molecule has 1 aliphatic rings. The van der Waals surface area contributed by atoms with Gasteiger partial charge in [-0.3, -0.25) is 36.8 Å². The average Bonchev–Trinajstić information content (AvgIpc) is 1.63. The Bertz CT molecular complexity index is 5710. The third-order valence-electron chi connectivity index (χ3n) is 20.4. The lowest BCUT2D eigenvalue weighted by atomic mass is 9.97. The number of pyridine rings is 4. The first kappa shape index (κ1) is 94.0. The van der Waals surface area contributed by atoms with Gasteiger partial charge in [-0.15, -0.1) is 0 Å². The predicted octanol–water partition coefficient (Wildman–Crippen LogP) is 14.9. The van der Waals surface area contributed by atoms with Gasteiger partial charge in [-0.25, -0.2) is 68.2 Å². The number of carbonyl (C=O) groups is 4. The number of nitrogens with one attached hydrogen (secondary N) is 4. The summed E-state index contributed by atoms with van der Waals surface area (Å²) in [6, 6.07) is 19.3. The van der Waals surface area contributed by atoms with E-state index in [-0.39, 0.29) is 89.9 Å². The molecule has 24 nitrogen and oxygen atoms in total. The van der Waals surface area contributed by atoms with Gasteiger partial charge in [-0.2, -0.15) is 0 Å². The summed E-state index contributed by atoms with van der Waals surface area (Å²) in [5.74, 6) is -7.64. The number of carbonyl (C=O) groups excluding carboxylic acids is 4. The third-order valence-corrected chi connectivity index (χ3v) is 20.4. The monoisotopic (exact) mass is 1730 g/mol. The number of amides is 4. The molecule has 662 valence electrons. The molecular formula is C89H101F11N16O8. The number of benzene rings is 4. The number of halogens is 11. The van der Waals surface area contributed by atoms with Crippen LogP contribution in [0.2, 0.25) is 0 Å². The van der Waals surface area contributed by atoms with E-state index in [1.54, 1.807) is 87.1 Å². The van der Waals surface area contributed by atoms with Crippen molar-refractivity contribution in [3.05, 3.63) is 258 Å². The van der Waals surface area contributed by atoms with Crippen molar-refractivity contribution in [3.63, 3.8) is 0 Å². The molecule has 0 saturated heterocycles. The van der Waals surface area contributed by atoms with Crippen molar-refractivity contribution in [1.29, 1.82) is 0 Å². The minimum absolute atomic E-state index is 0.0588. The highest BCUT2D eigenvalue weighted by molar-refractivity contribution is 5.97. The minimum atomic E-state index is -1.33. The third kappa shape index (κ3) is 22.8. The van der Waals surface area contributed by atoms with Gasteiger partial charge in [0, 0.05) is 62.0 Å². The van der Waals surface area contributed by atoms with Crippen LogP contribution in [0.5, 0.6) is 23.0 Å². The van der Waals surface area contributed by atoms with Crippen LogP contribution in [0, 0.1) is 101 Å². The molecule has 12 aromatic rings. The summed E-state index contributed by atoms with van der Waals surface area (Å²) in [4.78, 5) is 69.0. The zero-order valence-corrected chi connectivity index (χ0v) is 71.0. The van der Waals surface area contributed by atoms with Gasteiger partial charge in [0.2, 0.25) is 0 Å². The molecule has 124 heavy (non-hydrogen) atoms. The molecule has 0 radical (unpaired) electrons. The van der Waals surface area contributed by atoms with Crippen molar-refractivity contribution < 1.29 is 86.4 Å². The van der Waals surface area contributed by atoms with E-state index in [0.29, 0.717) is 99.7 Å². The molecule has 13 rings (SSSR count). The highest BCUT2D eigenvalue weighted by atomic mass is 19.2. The van der Waals surface area contributed by atoms with Crippen molar-refractivity contribution in [3.8, 4) is 23.0 Å². The van der Waals surface area contributed by atoms with Crippen molar-refractivity contribution in [1.82, 2.24) is 58.8 Å². The van der Waals surface area contributed by atoms with E-state index in [2.05, 4.69) is 48.1 Å². The van der Waals surface area contributed by atoms with Crippen LogP contribution in [0.25, 0.3) is 22.6 Å². The van der Waals surface area contributed by atoms with E-state index in [0.717, 1.165) is 60.6 Å². The smallest absolute Gasteiger partial charge is 0.270 e. The Morgan fingerprint density at radius 3 is 0.968 bits per heavy atom. The Kier molecular flexibility index (Phi) is 30.0. The fourth-order valence-electron chi connectivity index (χ4n) is 13.1. The maximum absolute atomic E-state index is 14.1. The topological polar surface area (TPSA) is 327 Å². The van der Waals surface area contributed by atoms with Crippen LogP contribution in [0.3, 0.4) is 0 Å². The molecule has 1 fully saturated rings. The number of rotatable bonds is 30. The van der Waals surface area contributed by atoms with Gasteiger partial charge in [0.1, 0.15) is 103 Å². The second kappa shape index (κ2) is 39.5. The zero-order chi connectivity index (χ0) is 90.8. The average molecular weight is 1730 g/mol. The predicted molar refractivity (Wildman–Crippen MR) is 445 cm³/mol. The molecule has 12 N–H and O–H groups in total. The molecule has 1 aliphatic carbocycles. The lowest BCUT2D eigenvalue weighted by molar-refractivity contribution is 0.0927. The normalized spacial score (nSPS) is 13.9. The fraction of sp³-hybridized carbons (Fsp3) is 0.371. The Balaban J connectivity index is 0.000000173. The van der Waals surface area contributed by atoms with E-state index < -0.39 is 112 Å². The van der Waals surface area contributed by atoms with Crippen LogP contribution in [-0.2, 0) is 26.4 Å². The van der Waals surface area contributed by atoms with Crippen LogP contribution in [-0.4, -0.2) is 123 Å². The van der Waals surface area contributed by atoms with E-state index in [4.69, 9.17) is 41.9 Å². The van der Waals surface area contributed by atoms with E-state index >= 15 is 0 Å². The molecule has 4 aromatic carbocycles. The number of ether oxygens (including phenoxy) is 4. The molecule has 0 aliphatic heterocycles. The molecule has 0 bridgehead atoms.